The molecule has 1 aromatic carbocycles. The molecule has 136 valence electrons. The lowest BCUT2D eigenvalue weighted by Crippen LogP contribution is -2.33. The molecule has 0 bridgehead atoms. The Bertz CT molecular complexity index is 976. The van der Waals surface area contributed by atoms with Gasteiger partial charge in [-0.1, -0.05) is 30.4 Å². The minimum atomic E-state index is -1.22. The van der Waals surface area contributed by atoms with Gasteiger partial charge in [-0.2, -0.15) is 0 Å². The van der Waals surface area contributed by atoms with Gasteiger partial charge >= 0.3 is 0 Å². The van der Waals surface area contributed by atoms with Crippen LogP contribution in [0.3, 0.4) is 0 Å². The smallest absolute Gasteiger partial charge is 0.207 e. The second kappa shape index (κ2) is 6.74. The largest absolute Gasteiger partial charge is 0.394 e. The number of benzene rings is 1. The summed E-state index contributed by atoms with van der Waals surface area (Å²) in [5.41, 5.74) is 1.75. The van der Waals surface area contributed by atoms with Crippen molar-refractivity contribution in [2.24, 2.45) is 0 Å². The molecule has 26 heavy (non-hydrogen) atoms. The van der Waals surface area contributed by atoms with E-state index in [4.69, 9.17) is 17.0 Å². The van der Waals surface area contributed by atoms with Crippen molar-refractivity contribution in [1.29, 1.82) is 0 Å². The Morgan fingerprint density at radius 1 is 1.23 bits per heavy atom. The second-order valence-corrected chi connectivity index (χ2v) is 6.35. The Balaban J connectivity index is 1.74. The van der Waals surface area contributed by atoms with Crippen LogP contribution in [0.1, 0.15) is 6.23 Å². The van der Waals surface area contributed by atoms with E-state index in [2.05, 4.69) is 20.3 Å². The molecular weight excluding hydrogens is 358 g/mol. The first kappa shape index (κ1) is 17.1. The van der Waals surface area contributed by atoms with Crippen LogP contribution in [0.4, 0.5) is 11.6 Å². The molecule has 0 unspecified atom stereocenters. The van der Waals surface area contributed by atoms with Gasteiger partial charge in [0.05, 0.1) is 12.9 Å². The van der Waals surface area contributed by atoms with Gasteiger partial charge in [-0.25, -0.2) is 9.97 Å². The first-order valence-electron chi connectivity index (χ1n) is 8.00. The van der Waals surface area contributed by atoms with Crippen molar-refractivity contribution in [3.8, 4) is 0 Å². The van der Waals surface area contributed by atoms with Crippen molar-refractivity contribution < 1.29 is 20.1 Å². The number of aromatic amines is 1. The van der Waals surface area contributed by atoms with Gasteiger partial charge in [0.1, 0.15) is 29.5 Å². The quantitative estimate of drug-likeness (QED) is 0.425. The predicted molar refractivity (Wildman–Crippen MR) is 95.4 cm³/mol. The molecule has 10 heteroatoms. The Morgan fingerprint density at radius 3 is 2.69 bits per heavy atom. The number of rotatable bonds is 4. The van der Waals surface area contributed by atoms with Gasteiger partial charge in [0.15, 0.2) is 10.9 Å². The third kappa shape index (κ3) is 2.87. The number of aliphatic hydroxyl groups excluding tert-OH is 3. The number of anilines is 2. The zero-order valence-electron chi connectivity index (χ0n) is 13.5. The summed E-state index contributed by atoms with van der Waals surface area (Å²) < 4.78 is 7.38. The molecule has 1 fully saturated rings. The maximum absolute atomic E-state index is 10.3. The molecule has 0 amide bonds. The lowest BCUT2D eigenvalue weighted by atomic mass is 10.1. The van der Waals surface area contributed by atoms with E-state index in [1.807, 2.05) is 30.3 Å². The monoisotopic (exact) mass is 375 g/mol. The molecule has 0 spiro atoms. The van der Waals surface area contributed by atoms with Gasteiger partial charge in [-0.3, -0.25) is 4.57 Å². The summed E-state index contributed by atoms with van der Waals surface area (Å²) in [6.07, 6.45) is -2.76. The number of nitrogens with zero attached hydrogens (tertiary/aromatic N) is 3. The maximum Gasteiger partial charge on any atom is 0.207 e. The number of aromatic nitrogens is 4. The SMILES string of the molecule is OC[C@H]1O[C@@H](n2cnc3c(=S)nc(Nc4ccccc4)[nH]c32)[C@H](O)[C@@H]1O. The van der Waals surface area contributed by atoms with Crippen LogP contribution in [0.5, 0.6) is 0 Å². The van der Waals surface area contributed by atoms with Crippen LogP contribution < -0.4 is 5.32 Å². The topological polar surface area (TPSA) is 128 Å². The summed E-state index contributed by atoms with van der Waals surface area (Å²) in [6, 6.07) is 9.44. The van der Waals surface area contributed by atoms with E-state index in [0.29, 0.717) is 17.1 Å². The molecule has 0 aliphatic carbocycles. The van der Waals surface area contributed by atoms with Crippen molar-refractivity contribution in [2.75, 3.05) is 11.9 Å². The van der Waals surface area contributed by atoms with Crippen LogP contribution >= 0.6 is 12.2 Å². The summed E-state index contributed by atoms with van der Waals surface area (Å²) in [5.74, 6) is 0.405. The number of aliphatic hydroxyl groups is 3. The fourth-order valence-corrected chi connectivity index (χ4v) is 3.20. The average Bonchev–Trinajstić information content (AvgIpc) is 3.18. The molecule has 4 atom stereocenters. The first-order chi connectivity index (χ1) is 12.6. The zero-order valence-corrected chi connectivity index (χ0v) is 14.3. The minimum Gasteiger partial charge on any atom is -0.394 e. The second-order valence-electron chi connectivity index (χ2n) is 5.96. The number of imidazole rings is 1. The molecule has 1 aliphatic heterocycles. The normalized spacial score (nSPS) is 25.7. The third-order valence-corrected chi connectivity index (χ3v) is 4.56. The Hall–Kier alpha value is -2.37. The van der Waals surface area contributed by atoms with Gasteiger partial charge in [0.25, 0.3) is 0 Å². The number of para-hydroxylation sites is 1. The number of hydrogen-bond acceptors (Lipinski definition) is 8. The molecule has 3 heterocycles. The fourth-order valence-electron chi connectivity index (χ4n) is 2.96. The van der Waals surface area contributed by atoms with E-state index < -0.39 is 31.1 Å². The molecule has 1 saturated heterocycles. The van der Waals surface area contributed by atoms with Crippen molar-refractivity contribution in [3.63, 3.8) is 0 Å². The lowest BCUT2D eigenvalue weighted by Gasteiger charge is -2.17. The van der Waals surface area contributed by atoms with Crippen molar-refractivity contribution in [1.82, 2.24) is 19.5 Å². The van der Waals surface area contributed by atoms with Gasteiger partial charge in [-0.05, 0) is 12.1 Å². The first-order valence-corrected chi connectivity index (χ1v) is 8.40. The van der Waals surface area contributed by atoms with Crippen LogP contribution in [0.2, 0.25) is 0 Å². The van der Waals surface area contributed by atoms with E-state index in [1.165, 1.54) is 10.9 Å². The predicted octanol–water partition coefficient (Wildman–Crippen LogP) is 0.844. The van der Waals surface area contributed by atoms with Crippen molar-refractivity contribution >= 4 is 35.0 Å². The average molecular weight is 375 g/mol. The summed E-state index contributed by atoms with van der Waals surface area (Å²) >= 11 is 5.30. The zero-order chi connectivity index (χ0) is 18.3. The van der Waals surface area contributed by atoms with E-state index in [0.717, 1.165) is 5.69 Å². The Morgan fingerprint density at radius 2 is 2.00 bits per heavy atom. The van der Waals surface area contributed by atoms with E-state index >= 15 is 0 Å². The molecular formula is C16H17N5O4S. The molecule has 3 aromatic rings. The summed E-state index contributed by atoms with van der Waals surface area (Å²) in [5, 5.41) is 32.6. The molecule has 5 N–H and O–H groups in total. The van der Waals surface area contributed by atoms with E-state index in [-0.39, 0.29) is 4.64 Å². The number of nitrogens with one attached hydrogen (secondary N) is 2. The van der Waals surface area contributed by atoms with Gasteiger partial charge in [-0.15, -0.1) is 0 Å². The van der Waals surface area contributed by atoms with Crippen LogP contribution in [-0.4, -0.2) is 59.8 Å². The van der Waals surface area contributed by atoms with E-state index in [9.17, 15) is 15.3 Å². The summed E-state index contributed by atoms with van der Waals surface area (Å²) in [4.78, 5) is 11.6. The highest BCUT2D eigenvalue weighted by Gasteiger charge is 2.43. The number of hydrogen-bond donors (Lipinski definition) is 5. The Kier molecular flexibility index (Phi) is 4.42. The van der Waals surface area contributed by atoms with Gasteiger partial charge < -0.3 is 30.4 Å². The number of H-pyrrole nitrogens is 1. The lowest BCUT2D eigenvalue weighted by molar-refractivity contribution is -0.0511. The van der Waals surface area contributed by atoms with Gasteiger partial charge in [0.2, 0.25) is 5.95 Å². The number of fused-ring (bicyclic) bond motifs is 1. The molecule has 2 aromatic heterocycles. The highest BCUT2D eigenvalue weighted by atomic mass is 32.1. The van der Waals surface area contributed by atoms with Crippen LogP contribution in [0, 0.1) is 4.64 Å². The standard InChI is InChI=1S/C16H17N5O4S/c22-6-9-11(23)12(24)15(25-9)21-7-17-10-13(21)19-16(20-14(10)26)18-8-4-2-1-3-5-8/h1-5,7,9,11-12,15,22-24H,6H2,(H2,18,19,20,26)/t9-,11-,12-,15-/m1/s1. The highest BCUT2D eigenvalue weighted by Crippen LogP contribution is 2.31. The van der Waals surface area contributed by atoms with Crippen LogP contribution in [-0.2, 0) is 4.74 Å². The maximum atomic E-state index is 10.3. The van der Waals surface area contributed by atoms with E-state index in [1.54, 1.807) is 0 Å². The van der Waals surface area contributed by atoms with Crippen molar-refractivity contribution in [2.45, 2.75) is 24.5 Å². The van der Waals surface area contributed by atoms with Crippen LogP contribution in [0.25, 0.3) is 11.2 Å². The molecule has 1 aliphatic rings. The van der Waals surface area contributed by atoms with Crippen molar-refractivity contribution in [3.05, 3.63) is 41.3 Å². The van der Waals surface area contributed by atoms with Gasteiger partial charge in [0, 0.05) is 5.69 Å². The number of ether oxygens (including phenoxy) is 1. The molecule has 9 nitrogen and oxygen atoms in total. The molecule has 4 rings (SSSR count). The summed E-state index contributed by atoms with van der Waals surface area (Å²) in [6.45, 7) is -0.403. The third-order valence-electron chi connectivity index (χ3n) is 4.27. The molecule has 0 saturated carbocycles. The fraction of sp³-hybridized carbons (Fsp3) is 0.312. The molecule has 0 radical (unpaired) electrons. The minimum absolute atomic E-state index is 0.280. The summed E-state index contributed by atoms with van der Waals surface area (Å²) in [7, 11) is 0. The Labute approximate surface area is 152 Å². The highest BCUT2D eigenvalue weighted by molar-refractivity contribution is 7.71. The van der Waals surface area contributed by atoms with Crippen LogP contribution in [0.15, 0.2) is 36.7 Å².